The van der Waals surface area contributed by atoms with Crippen LogP contribution in [0.3, 0.4) is 0 Å². The molecule has 0 saturated heterocycles. The lowest BCUT2D eigenvalue weighted by Crippen LogP contribution is -2.33. The Hall–Kier alpha value is -2.96. The first-order valence-corrected chi connectivity index (χ1v) is 7.80. The highest BCUT2D eigenvalue weighted by atomic mass is 16.2. The van der Waals surface area contributed by atoms with Crippen molar-refractivity contribution < 1.29 is 4.79 Å². The number of aromatic nitrogens is 4. The molecule has 0 saturated carbocycles. The largest absolute Gasteiger partial charge is 0.343 e. The standard InChI is InChI=1S/C17H19N5O2/c1-4-13(14-9-22-7-5-6-18-17(22)21-14)20-16(24)12-8-10(2)11(3)19-15(12)23/h5-9,13H,4H2,1-3H3,(H,19,23)(H,20,24)/t13-/m1/s1. The third-order valence-corrected chi connectivity index (χ3v) is 4.07. The van der Waals surface area contributed by atoms with Gasteiger partial charge in [-0.3, -0.25) is 14.0 Å². The van der Waals surface area contributed by atoms with Crippen LogP contribution in [0.1, 0.15) is 46.7 Å². The summed E-state index contributed by atoms with van der Waals surface area (Å²) in [5.74, 6) is 0.167. The molecule has 7 nitrogen and oxygen atoms in total. The van der Waals surface area contributed by atoms with Crippen molar-refractivity contribution in [3.8, 4) is 0 Å². The van der Waals surface area contributed by atoms with Gasteiger partial charge in [0.05, 0.1) is 11.7 Å². The van der Waals surface area contributed by atoms with Crippen molar-refractivity contribution in [1.82, 2.24) is 24.7 Å². The van der Waals surface area contributed by atoms with Crippen LogP contribution in [0.2, 0.25) is 0 Å². The number of fused-ring (bicyclic) bond motifs is 1. The van der Waals surface area contributed by atoms with Crippen LogP contribution in [-0.4, -0.2) is 25.3 Å². The Balaban J connectivity index is 1.89. The van der Waals surface area contributed by atoms with Gasteiger partial charge >= 0.3 is 0 Å². The molecule has 0 aliphatic rings. The van der Waals surface area contributed by atoms with Crippen LogP contribution in [0.25, 0.3) is 5.78 Å². The summed E-state index contributed by atoms with van der Waals surface area (Å²) in [5, 5.41) is 2.89. The van der Waals surface area contributed by atoms with Crippen molar-refractivity contribution in [3.63, 3.8) is 0 Å². The number of pyridine rings is 1. The quantitative estimate of drug-likeness (QED) is 0.766. The Labute approximate surface area is 138 Å². The number of hydrogen-bond acceptors (Lipinski definition) is 4. The summed E-state index contributed by atoms with van der Waals surface area (Å²) in [4.78, 5) is 35.8. The number of carbonyl (C=O) groups excluding carboxylic acids is 1. The van der Waals surface area contributed by atoms with Gasteiger partial charge < -0.3 is 10.3 Å². The molecule has 24 heavy (non-hydrogen) atoms. The molecule has 0 spiro atoms. The van der Waals surface area contributed by atoms with Crippen LogP contribution in [0, 0.1) is 13.8 Å². The molecule has 7 heteroatoms. The van der Waals surface area contributed by atoms with Crippen LogP contribution >= 0.6 is 0 Å². The first-order chi connectivity index (χ1) is 11.5. The fourth-order valence-electron chi connectivity index (χ4n) is 2.53. The van der Waals surface area contributed by atoms with E-state index in [0.29, 0.717) is 17.9 Å². The Morgan fingerprint density at radius 3 is 2.92 bits per heavy atom. The summed E-state index contributed by atoms with van der Waals surface area (Å²) in [5.41, 5.74) is 2.06. The molecule has 3 rings (SSSR count). The van der Waals surface area contributed by atoms with E-state index in [2.05, 4.69) is 20.3 Å². The molecular formula is C17H19N5O2. The number of imidazole rings is 1. The van der Waals surface area contributed by atoms with E-state index in [1.807, 2.05) is 32.3 Å². The monoisotopic (exact) mass is 325 g/mol. The Bertz CT molecular complexity index is 924. The number of H-pyrrole nitrogens is 1. The molecule has 0 aromatic carbocycles. The average molecular weight is 325 g/mol. The van der Waals surface area contributed by atoms with Crippen molar-refractivity contribution >= 4 is 11.7 Å². The van der Waals surface area contributed by atoms with Crippen molar-refractivity contribution in [1.29, 1.82) is 0 Å². The number of hydrogen-bond donors (Lipinski definition) is 2. The number of rotatable bonds is 4. The van der Waals surface area contributed by atoms with E-state index in [4.69, 9.17) is 0 Å². The molecule has 2 N–H and O–H groups in total. The molecule has 0 aliphatic heterocycles. The van der Waals surface area contributed by atoms with Crippen molar-refractivity contribution in [2.75, 3.05) is 0 Å². The number of nitrogens with zero attached hydrogens (tertiary/aromatic N) is 3. The first-order valence-electron chi connectivity index (χ1n) is 7.80. The average Bonchev–Trinajstić information content (AvgIpc) is 2.99. The molecule has 124 valence electrons. The van der Waals surface area contributed by atoms with Gasteiger partial charge in [-0.15, -0.1) is 0 Å². The van der Waals surface area contributed by atoms with E-state index in [1.165, 1.54) is 0 Å². The summed E-state index contributed by atoms with van der Waals surface area (Å²) < 4.78 is 1.80. The Morgan fingerprint density at radius 1 is 1.42 bits per heavy atom. The van der Waals surface area contributed by atoms with E-state index in [1.54, 1.807) is 23.6 Å². The second-order valence-electron chi connectivity index (χ2n) is 5.75. The van der Waals surface area contributed by atoms with Crippen molar-refractivity contribution in [2.45, 2.75) is 33.2 Å². The highest BCUT2D eigenvalue weighted by molar-refractivity contribution is 5.94. The van der Waals surface area contributed by atoms with Crippen LogP contribution < -0.4 is 10.9 Å². The lowest BCUT2D eigenvalue weighted by atomic mass is 10.1. The second-order valence-corrected chi connectivity index (χ2v) is 5.75. The summed E-state index contributed by atoms with van der Waals surface area (Å²) in [7, 11) is 0. The fourth-order valence-corrected chi connectivity index (χ4v) is 2.53. The Morgan fingerprint density at radius 2 is 2.21 bits per heavy atom. The van der Waals surface area contributed by atoms with Gasteiger partial charge in [-0.2, -0.15) is 0 Å². The topological polar surface area (TPSA) is 92.2 Å². The zero-order valence-corrected chi connectivity index (χ0v) is 13.8. The lowest BCUT2D eigenvalue weighted by molar-refractivity contribution is 0.0933. The summed E-state index contributed by atoms with van der Waals surface area (Å²) >= 11 is 0. The SMILES string of the molecule is CC[C@@H](NC(=O)c1cc(C)c(C)[nH]c1=O)c1cn2cccnc2n1. The normalized spacial score (nSPS) is 12.3. The summed E-state index contributed by atoms with van der Waals surface area (Å²) in [6.45, 7) is 5.61. The maximum absolute atomic E-state index is 12.5. The van der Waals surface area contributed by atoms with Gasteiger partial charge in [-0.1, -0.05) is 6.92 Å². The van der Waals surface area contributed by atoms with E-state index >= 15 is 0 Å². The number of nitrogens with one attached hydrogen (secondary N) is 2. The molecule has 0 fully saturated rings. The maximum atomic E-state index is 12.5. The van der Waals surface area contributed by atoms with Crippen LogP contribution in [0.5, 0.6) is 0 Å². The molecule has 3 aromatic heterocycles. The highest BCUT2D eigenvalue weighted by Gasteiger charge is 2.19. The highest BCUT2D eigenvalue weighted by Crippen LogP contribution is 2.16. The minimum absolute atomic E-state index is 0.110. The number of amides is 1. The molecule has 0 radical (unpaired) electrons. The number of carbonyl (C=O) groups is 1. The third kappa shape index (κ3) is 2.92. The van der Waals surface area contributed by atoms with Crippen LogP contribution in [0.4, 0.5) is 0 Å². The number of aryl methyl sites for hydroxylation is 2. The van der Waals surface area contributed by atoms with Crippen molar-refractivity contribution in [2.24, 2.45) is 0 Å². The van der Waals surface area contributed by atoms with Gasteiger partial charge in [0.1, 0.15) is 5.56 Å². The van der Waals surface area contributed by atoms with E-state index < -0.39 is 5.91 Å². The smallest absolute Gasteiger partial charge is 0.261 e. The van der Waals surface area contributed by atoms with Gasteiger partial charge in [0.15, 0.2) is 0 Å². The van der Waals surface area contributed by atoms with Crippen LogP contribution in [-0.2, 0) is 0 Å². The molecular weight excluding hydrogens is 306 g/mol. The molecule has 0 bridgehead atoms. The molecule has 1 amide bonds. The summed E-state index contributed by atoms with van der Waals surface area (Å²) in [6.07, 6.45) is 6.00. The predicted molar refractivity (Wildman–Crippen MR) is 90.0 cm³/mol. The summed E-state index contributed by atoms with van der Waals surface area (Å²) in [6, 6.07) is 3.13. The van der Waals surface area contributed by atoms with Gasteiger partial charge in [-0.25, -0.2) is 9.97 Å². The number of aromatic amines is 1. The molecule has 3 aromatic rings. The van der Waals surface area contributed by atoms with Crippen molar-refractivity contribution in [3.05, 3.63) is 63.6 Å². The van der Waals surface area contributed by atoms with Gasteiger partial charge in [0.25, 0.3) is 11.5 Å². The molecule has 1 atom stereocenters. The fraction of sp³-hybridized carbons (Fsp3) is 0.294. The van der Waals surface area contributed by atoms with E-state index in [0.717, 1.165) is 11.3 Å². The first kappa shape index (κ1) is 15.9. The molecule has 0 unspecified atom stereocenters. The van der Waals surface area contributed by atoms with Gasteiger partial charge in [0.2, 0.25) is 5.78 Å². The molecule has 3 heterocycles. The van der Waals surface area contributed by atoms with Gasteiger partial charge in [0, 0.05) is 24.3 Å². The minimum Gasteiger partial charge on any atom is -0.343 e. The second kappa shape index (κ2) is 6.27. The minimum atomic E-state index is -0.406. The van der Waals surface area contributed by atoms with Crippen LogP contribution in [0.15, 0.2) is 35.5 Å². The zero-order chi connectivity index (χ0) is 17.3. The maximum Gasteiger partial charge on any atom is 0.261 e. The zero-order valence-electron chi connectivity index (χ0n) is 13.8. The van der Waals surface area contributed by atoms with Gasteiger partial charge in [-0.05, 0) is 38.0 Å². The van der Waals surface area contributed by atoms with E-state index in [9.17, 15) is 9.59 Å². The predicted octanol–water partition coefficient (Wildman–Crippen LogP) is 1.92. The third-order valence-electron chi connectivity index (χ3n) is 4.07. The molecule has 0 aliphatic carbocycles. The Kier molecular flexibility index (Phi) is 4.16. The lowest BCUT2D eigenvalue weighted by Gasteiger charge is -2.14. The van der Waals surface area contributed by atoms with E-state index in [-0.39, 0.29) is 17.2 Å².